The third-order valence-corrected chi connectivity index (χ3v) is 1.46. The zero-order valence-electron chi connectivity index (χ0n) is 7.71. The number of rotatable bonds is 5. The van der Waals surface area contributed by atoms with E-state index >= 15 is 0 Å². The van der Waals surface area contributed by atoms with E-state index in [0.717, 1.165) is 0 Å². The van der Waals surface area contributed by atoms with E-state index in [-0.39, 0.29) is 0 Å². The van der Waals surface area contributed by atoms with Crippen LogP contribution in [-0.4, -0.2) is 0 Å². The molecule has 0 saturated carbocycles. The first-order valence-electron chi connectivity index (χ1n) is 4.29. The fourth-order valence-electron chi connectivity index (χ4n) is 0.854. The van der Waals surface area contributed by atoms with Gasteiger partial charge in [0, 0.05) is 0 Å². The summed E-state index contributed by atoms with van der Waals surface area (Å²) >= 11 is 0. The SMILES string of the molecule is CCCCCCCC.[Cl][Co]([Cl])[Cl]. The van der Waals surface area contributed by atoms with Crippen molar-refractivity contribution in [1.82, 2.24) is 0 Å². The van der Waals surface area contributed by atoms with Gasteiger partial charge in [0.05, 0.1) is 0 Å². The Labute approximate surface area is 93.5 Å². The van der Waals surface area contributed by atoms with Gasteiger partial charge in [-0.2, -0.15) is 0 Å². The Balaban J connectivity index is 0. The molecule has 0 aromatic heterocycles. The van der Waals surface area contributed by atoms with Crippen LogP contribution in [0.4, 0.5) is 0 Å². The second-order valence-corrected chi connectivity index (χ2v) is 7.72. The molecular weight excluding hydrogens is 261 g/mol. The molecule has 0 fully saturated rings. The zero-order chi connectivity index (χ0) is 9.82. The van der Waals surface area contributed by atoms with Crippen LogP contribution in [0.3, 0.4) is 0 Å². The third-order valence-electron chi connectivity index (χ3n) is 1.46. The zero-order valence-corrected chi connectivity index (χ0v) is 11.0. The fraction of sp³-hybridized carbons (Fsp3) is 1.00. The Kier molecular flexibility index (Phi) is 19.6. The van der Waals surface area contributed by atoms with Gasteiger partial charge >= 0.3 is 41.4 Å². The summed E-state index contributed by atoms with van der Waals surface area (Å²) in [6, 6.07) is 0. The van der Waals surface area contributed by atoms with Crippen LogP contribution in [0.15, 0.2) is 0 Å². The predicted octanol–water partition coefficient (Wildman–Crippen LogP) is 5.43. The van der Waals surface area contributed by atoms with Crippen LogP contribution in [0.25, 0.3) is 0 Å². The molecule has 0 rings (SSSR count). The van der Waals surface area contributed by atoms with Crippen molar-refractivity contribution in [3.63, 3.8) is 0 Å². The Bertz CT molecular complexity index is 60.6. The van der Waals surface area contributed by atoms with Crippen LogP contribution >= 0.6 is 30.4 Å². The monoisotopic (exact) mass is 278 g/mol. The quantitative estimate of drug-likeness (QED) is 0.588. The Hall–Kier alpha value is 1.38. The molecule has 0 aliphatic heterocycles. The summed E-state index contributed by atoms with van der Waals surface area (Å²) in [7, 11) is 13.4. The Morgan fingerprint density at radius 3 is 1.17 bits per heavy atom. The van der Waals surface area contributed by atoms with E-state index in [1.54, 1.807) is 0 Å². The van der Waals surface area contributed by atoms with Crippen molar-refractivity contribution < 1.29 is 10.9 Å². The van der Waals surface area contributed by atoms with Crippen LogP contribution in [0.5, 0.6) is 0 Å². The standard InChI is InChI=1S/C8H18.3ClH.Co/c1-3-5-7-8-6-4-2;;;;/h3-8H2,1-2H3;3*1H;/q;;;;+3/p-3. The van der Waals surface area contributed by atoms with Crippen molar-refractivity contribution in [3.05, 3.63) is 0 Å². The van der Waals surface area contributed by atoms with Crippen molar-refractivity contribution >= 4 is 30.4 Å². The number of unbranched alkanes of at least 4 members (excludes halogenated alkanes) is 5. The number of hydrogen-bond acceptors (Lipinski definition) is 0. The summed E-state index contributed by atoms with van der Waals surface area (Å²) in [5.74, 6) is 0. The molecule has 0 amide bonds. The van der Waals surface area contributed by atoms with Gasteiger partial charge in [-0.05, 0) is 0 Å². The van der Waals surface area contributed by atoms with Gasteiger partial charge in [-0.3, -0.25) is 0 Å². The van der Waals surface area contributed by atoms with Gasteiger partial charge in [-0.25, -0.2) is 0 Å². The van der Waals surface area contributed by atoms with Crippen LogP contribution in [-0.2, 0) is 10.9 Å². The van der Waals surface area contributed by atoms with E-state index < -0.39 is 10.9 Å². The molecule has 0 radical (unpaired) electrons. The van der Waals surface area contributed by atoms with Crippen LogP contribution in [0, 0.1) is 0 Å². The molecule has 0 spiro atoms. The average molecular weight is 280 g/mol. The molecule has 0 aromatic rings. The van der Waals surface area contributed by atoms with Gasteiger partial charge in [-0.1, -0.05) is 52.4 Å². The molecule has 0 saturated heterocycles. The molecule has 0 aromatic carbocycles. The second-order valence-electron chi connectivity index (χ2n) is 2.56. The summed E-state index contributed by atoms with van der Waals surface area (Å²) in [4.78, 5) is 0. The van der Waals surface area contributed by atoms with Crippen molar-refractivity contribution in [1.29, 1.82) is 0 Å². The van der Waals surface area contributed by atoms with E-state index in [9.17, 15) is 0 Å². The minimum absolute atomic E-state index is 1.19. The third kappa shape index (κ3) is 30.1. The van der Waals surface area contributed by atoms with Crippen molar-refractivity contribution in [2.24, 2.45) is 0 Å². The van der Waals surface area contributed by atoms with Crippen molar-refractivity contribution in [2.75, 3.05) is 0 Å². The normalized spacial score (nSPS) is 10.2. The summed E-state index contributed by atoms with van der Waals surface area (Å²) in [6.07, 6.45) is 8.49. The maximum absolute atomic E-state index is 4.87. The number of halogens is 3. The van der Waals surface area contributed by atoms with Gasteiger partial charge in [0.25, 0.3) is 0 Å². The molecule has 0 bridgehead atoms. The molecule has 0 atom stereocenters. The molecule has 12 heavy (non-hydrogen) atoms. The first kappa shape index (κ1) is 15.8. The van der Waals surface area contributed by atoms with Gasteiger partial charge in [0.2, 0.25) is 0 Å². The van der Waals surface area contributed by atoms with Gasteiger partial charge in [-0.15, -0.1) is 0 Å². The first-order valence-corrected chi connectivity index (χ1v) is 8.59. The summed E-state index contributed by atoms with van der Waals surface area (Å²) in [5, 5.41) is 0. The molecule has 0 nitrogen and oxygen atoms in total. The van der Waals surface area contributed by atoms with Crippen LogP contribution in [0.2, 0.25) is 0 Å². The average Bonchev–Trinajstić information content (AvgIpc) is 1.97. The van der Waals surface area contributed by atoms with Gasteiger partial charge in [0.15, 0.2) is 0 Å². The van der Waals surface area contributed by atoms with Crippen molar-refractivity contribution in [3.8, 4) is 0 Å². The topological polar surface area (TPSA) is 0 Å². The van der Waals surface area contributed by atoms with Gasteiger partial charge in [0.1, 0.15) is 0 Å². The predicted molar refractivity (Wildman–Crippen MR) is 56.6 cm³/mol. The fourth-order valence-corrected chi connectivity index (χ4v) is 0.854. The van der Waals surface area contributed by atoms with E-state index in [2.05, 4.69) is 13.8 Å². The molecule has 0 aliphatic rings. The molecule has 80 valence electrons. The molecular formula is C8H18Cl3Co. The van der Waals surface area contributed by atoms with Crippen LogP contribution < -0.4 is 0 Å². The van der Waals surface area contributed by atoms with E-state index in [1.165, 1.54) is 38.5 Å². The van der Waals surface area contributed by atoms with Gasteiger partial charge < -0.3 is 0 Å². The Morgan fingerprint density at radius 2 is 1.00 bits per heavy atom. The van der Waals surface area contributed by atoms with E-state index in [1.807, 2.05) is 0 Å². The molecule has 4 heteroatoms. The first-order chi connectivity index (χ1) is 5.65. The van der Waals surface area contributed by atoms with E-state index in [0.29, 0.717) is 0 Å². The summed E-state index contributed by atoms with van der Waals surface area (Å²) < 4.78 is 0. The summed E-state index contributed by atoms with van der Waals surface area (Å²) in [5.41, 5.74) is 0. The molecule has 0 aliphatic carbocycles. The summed E-state index contributed by atoms with van der Waals surface area (Å²) in [6.45, 7) is 4.51. The number of hydrogen-bond donors (Lipinski definition) is 0. The Morgan fingerprint density at radius 1 is 0.750 bits per heavy atom. The maximum atomic E-state index is 4.87. The molecule has 0 heterocycles. The second kappa shape index (κ2) is 14.9. The van der Waals surface area contributed by atoms with Crippen LogP contribution in [0.1, 0.15) is 52.4 Å². The van der Waals surface area contributed by atoms with Crippen molar-refractivity contribution in [2.45, 2.75) is 52.4 Å². The molecule has 0 unspecified atom stereocenters. The molecule has 0 N–H and O–H groups in total. The minimum atomic E-state index is -1.19. The van der Waals surface area contributed by atoms with E-state index in [4.69, 9.17) is 30.4 Å².